The lowest BCUT2D eigenvalue weighted by atomic mass is 10.2. The molecule has 0 saturated heterocycles. The molecule has 66 valence electrons. The molecule has 1 rings (SSSR count). The summed E-state index contributed by atoms with van der Waals surface area (Å²) < 4.78 is 1.86. The van der Waals surface area contributed by atoms with Gasteiger partial charge in [0.2, 0.25) is 0 Å². The van der Waals surface area contributed by atoms with Crippen LogP contribution in [0.3, 0.4) is 0 Å². The molecule has 12 heavy (non-hydrogen) atoms. The second-order valence-electron chi connectivity index (χ2n) is 2.93. The van der Waals surface area contributed by atoms with Crippen LogP contribution in [-0.4, -0.2) is 17.4 Å². The third kappa shape index (κ3) is 1.74. The van der Waals surface area contributed by atoms with Gasteiger partial charge in [-0.05, 0) is 18.7 Å². The Bertz CT molecular complexity index is 289. The predicted molar refractivity (Wildman–Crippen MR) is 48.2 cm³/mol. The van der Waals surface area contributed by atoms with Crippen molar-refractivity contribution in [2.24, 2.45) is 7.05 Å². The Morgan fingerprint density at radius 2 is 2.33 bits per heavy atom. The number of carbonyl (C=O) groups is 1. The van der Waals surface area contributed by atoms with Crippen molar-refractivity contribution in [2.75, 3.05) is 7.05 Å². The molecular formula is C9H14N2O. The number of aromatic nitrogens is 1. The van der Waals surface area contributed by atoms with E-state index in [2.05, 4.69) is 5.32 Å². The van der Waals surface area contributed by atoms with Gasteiger partial charge in [0.1, 0.15) is 0 Å². The zero-order valence-corrected chi connectivity index (χ0v) is 7.72. The topological polar surface area (TPSA) is 34.0 Å². The quantitative estimate of drug-likeness (QED) is 0.678. The highest BCUT2D eigenvalue weighted by molar-refractivity contribution is 5.92. The lowest BCUT2D eigenvalue weighted by Crippen LogP contribution is -2.03. The van der Waals surface area contributed by atoms with Crippen LogP contribution in [0.15, 0.2) is 12.3 Å². The zero-order chi connectivity index (χ0) is 9.14. The van der Waals surface area contributed by atoms with Crippen LogP contribution < -0.4 is 5.32 Å². The van der Waals surface area contributed by atoms with Gasteiger partial charge in [-0.3, -0.25) is 4.79 Å². The normalized spacial score (nSPS) is 10.2. The summed E-state index contributed by atoms with van der Waals surface area (Å²) in [6.45, 7) is 2.39. The summed E-state index contributed by atoms with van der Waals surface area (Å²) in [5.74, 6) is 0.111. The van der Waals surface area contributed by atoms with E-state index in [0.717, 1.165) is 17.8 Å². The maximum Gasteiger partial charge on any atom is 0.176 e. The minimum atomic E-state index is 0.111. The number of nitrogens with one attached hydrogen (secondary N) is 1. The molecule has 0 unspecified atom stereocenters. The van der Waals surface area contributed by atoms with Crippen molar-refractivity contribution in [3.8, 4) is 0 Å². The largest absolute Gasteiger partial charge is 0.348 e. The summed E-state index contributed by atoms with van der Waals surface area (Å²) in [4.78, 5) is 11.0. The number of hydrogen-bond donors (Lipinski definition) is 1. The van der Waals surface area contributed by atoms with Crippen molar-refractivity contribution >= 4 is 5.78 Å². The molecule has 3 nitrogen and oxygen atoms in total. The fourth-order valence-electron chi connectivity index (χ4n) is 1.28. The first-order valence-corrected chi connectivity index (χ1v) is 3.96. The van der Waals surface area contributed by atoms with Crippen molar-refractivity contribution in [3.05, 3.63) is 23.5 Å². The lowest BCUT2D eigenvalue weighted by molar-refractivity contribution is 0.101. The highest BCUT2D eigenvalue weighted by Gasteiger charge is 2.05. The van der Waals surface area contributed by atoms with Crippen LogP contribution in [0.1, 0.15) is 23.0 Å². The first-order valence-electron chi connectivity index (χ1n) is 3.96. The molecule has 1 heterocycles. The second-order valence-corrected chi connectivity index (χ2v) is 2.93. The highest BCUT2D eigenvalue weighted by Crippen LogP contribution is 2.07. The summed E-state index contributed by atoms with van der Waals surface area (Å²) in [5.41, 5.74) is 1.91. The molecule has 0 bridgehead atoms. The van der Waals surface area contributed by atoms with Crippen LogP contribution in [0.25, 0.3) is 0 Å². The van der Waals surface area contributed by atoms with Gasteiger partial charge in [-0.1, -0.05) is 0 Å². The van der Waals surface area contributed by atoms with E-state index in [1.165, 1.54) is 0 Å². The summed E-state index contributed by atoms with van der Waals surface area (Å²) in [5, 5.41) is 3.04. The Morgan fingerprint density at radius 3 is 2.75 bits per heavy atom. The molecule has 0 fully saturated rings. The Kier molecular flexibility index (Phi) is 2.65. The van der Waals surface area contributed by atoms with E-state index in [0.29, 0.717) is 0 Å². The van der Waals surface area contributed by atoms with Gasteiger partial charge in [0.15, 0.2) is 5.78 Å². The number of aryl methyl sites for hydroxylation is 1. The molecule has 0 atom stereocenters. The predicted octanol–water partition coefficient (Wildman–Crippen LogP) is 0.947. The number of Topliss-reactive ketones (excluding diaryl/α,β-unsaturated/α-hetero) is 1. The molecule has 1 aromatic heterocycles. The fourth-order valence-corrected chi connectivity index (χ4v) is 1.28. The van der Waals surface area contributed by atoms with E-state index >= 15 is 0 Å². The van der Waals surface area contributed by atoms with Crippen molar-refractivity contribution in [2.45, 2.75) is 13.5 Å². The van der Waals surface area contributed by atoms with Gasteiger partial charge in [-0.25, -0.2) is 0 Å². The average Bonchev–Trinajstić information content (AvgIpc) is 2.32. The van der Waals surface area contributed by atoms with Gasteiger partial charge in [0.25, 0.3) is 0 Å². The second kappa shape index (κ2) is 3.54. The van der Waals surface area contributed by atoms with Gasteiger partial charge < -0.3 is 9.88 Å². The molecule has 1 aromatic rings. The van der Waals surface area contributed by atoms with Gasteiger partial charge in [-0.2, -0.15) is 0 Å². The maximum atomic E-state index is 11.0. The highest BCUT2D eigenvalue weighted by atomic mass is 16.1. The van der Waals surface area contributed by atoms with Crippen molar-refractivity contribution in [1.29, 1.82) is 0 Å². The third-order valence-electron chi connectivity index (χ3n) is 1.80. The molecule has 0 aromatic carbocycles. The molecular weight excluding hydrogens is 152 g/mol. The van der Waals surface area contributed by atoms with Crippen molar-refractivity contribution < 1.29 is 4.79 Å². The number of nitrogens with zero attached hydrogens (tertiary/aromatic N) is 1. The first-order chi connectivity index (χ1) is 5.65. The number of ketones is 1. The van der Waals surface area contributed by atoms with Crippen molar-refractivity contribution in [3.63, 3.8) is 0 Å². The molecule has 1 N–H and O–H groups in total. The molecule has 0 amide bonds. The Labute approximate surface area is 72.4 Å². The SMILES string of the molecule is CNCc1cc(C(C)=O)n(C)c1. The molecule has 0 aliphatic rings. The molecule has 0 saturated carbocycles. The fraction of sp³-hybridized carbons (Fsp3) is 0.444. The molecule has 3 heteroatoms. The molecule has 0 spiro atoms. The van der Waals surface area contributed by atoms with Crippen LogP contribution in [-0.2, 0) is 13.6 Å². The number of rotatable bonds is 3. The van der Waals surface area contributed by atoms with Gasteiger partial charge >= 0.3 is 0 Å². The van der Waals surface area contributed by atoms with Gasteiger partial charge in [0.05, 0.1) is 5.69 Å². The average molecular weight is 166 g/mol. The van der Waals surface area contributed by atoms with E-state index < -0.39 is 0 Å². The first kappa shape index (κ1) is 9.00. The van der Waals surface area contributed by atoms with Crippen LogP contribution >= 0.6 is 0 Å². The molecule has 0 aliphatic carbocycles. The Balaban J connectivity index is 2.92. The van der Waals surface area contributed by atoms with E-state index in [4.69, 9.17) is 0 Å². The number of carbonyl (C=O) groups excluding carboxylic acids is 1. The summed E-state index contributed by atoms with van der Waals surface area (Å²) in [6.07, 6.45) is 1.97. The lowest BCUT2D eigenvalue weighted by Gasteiger charge is -1.94. The van der Waals surface area contributed by atoms with Crippen LogP contribution in [0.4, 0.5) is 0 Å². The Hall–Kier alpha value is -1.09. The van der Waals surface area contributed by atoms with Crippen LogP contribution in [0, 0.1) is 0 Å². The van der Waals surface area contributed by atoms with E-state index in [1.807, 2.05) is 30.9 Å². The van der Waals surface area contributed by atoms with E-state index in [1.54, 1.807) is 6.92 Å². The monoisotopic (exact) mass is 166 g/mol. The summed E-state index contributed by atoms with van der Waals surface area (Å²) in [6, 6.07) is 1.92. The standard InChI is InChI=1S/C9H14N2O/c1-7(12)9-4-8(5-10-2)6-11(9)3/h4,6,10H,5H2,1-3H3. The van der Waals surface area contributed by atoms with Crippen molar-refractivity contribution in [1.82, 2.24) is 9.88 Å². The van der Waals surface area contributed by atoms with E-state index in [-0.39, 0.29) is 5.78 Å². The zero-order valence-electron chi connectivity index (χ0n) is 7.72. The summed E-state index contributed by atoms with van der Waals surface area (Å²) in [7, 11) is 3.77. The van der Waals surface area contributed by atoms with Crippen LogP contribution in [0.2, 0.25) is 0 Å². The third-order valence-corrected chi connectivity index (χ3v) is 1.80. The minimum Gasteiger partial charge on any atom is -0.348 e. The molecule has 0 aliphatic heterocycles. The molecule has 0 radical (unpaired) electrons. The van der Waals surface area contributed by atoms with Crippen LogP contribution in [0.5, 0.6) is 0 Å². The Morgan fingerprint density at radius 1 is 1.67 bits per heavy atom. The number of hydrogen-bond acceptors (Lipinski definition) is 2. The van der Waals surface area contributed by atoms with Gasteiger partial charge in [-0.15, -0.1) is 0 Å². The maximum absolute atomic E-state index is 11.0. The smallest absolute Gasteiger partial charge is 0.176 e. The van der Waals surface area contributed by atoms with Gasteiger partial charge in [0, 0.05) is 26.7 Å². The van der Waals surface area contributed by atoms with E-state index in [9.17, 15) is 4.79 Å². The summed E-state index contributed by atoms with van der Waals surface area (Å²) >= 11 is 0. The minimum absolute atomic E-state index is 0.111.